The van der Waals surface area contributed by atoms with Gasteiger partial charge in [-0.2, -0.15) is 5.26 Å². The van der Waals surface area contributed by atoms with Crippen LogP contribution in [0.4, 0.5) is 0 Å². The van der Waals surface area contributed by atoms with Crippen molar-refractivity contribution >= 4 is 0 Å². The lowest BCUT2D eigenvalue weighted by Crippen LogP contribution is -2.25. The molecule has 17 heavy (non-hydrogen) atoms. The van der Waals surface area contributed by atoms with Crippen LogP contribution in [0.3, 0.4) is 0 Å². The number of aliphatic hydroxyl groups is 1. The van der Waals surface area contributed by atoms with Gasteiger partial charge in [0.15, 0.2) is 5.88 Å². The van der Waals surface area contributed by atoms with Crippen molar-refractivity contribution in [1.29, 1.82) is 5.26 Å². The Hall–Kier alpha value is -1.84. The minimum Gasteiger partial charge on any atom is -0.494 e. The predicted octanol–water partition coefficient (Wildman–Crippen LogP) is -0.257. The van der Waals surface area contributed by atoms with E-state index in [0.29, 0.717) is 5.56 Å². The molecule has 0 aliphatic rings. The van der Waals surface area contributed by atoms with E-state index in [0.717, 1.165) is 4.57 Å². The van der Waals surface area contributed by atoms with Gasteiger partial charge in [-0.1, -0.05) is 0 Å². The maximum atomic E-state index is 11.8. The van der Waals surface area contributed by atoms with Gasteiger partial charge in [-0.15, -0.1) is 0 Å². The van der Waals surface area contributed by atoms with E-state index in [1.807, 2.05) is 6.07 Å². The lowest BCUT2D eigenvalue weighted by molar-refractivity contribution is 0.0854. The van der Waals surface area contributed by atoms with E-state index in [1.54, 1.807) is 6.92 Å². The van der Waals surface area contributed by atoms with E-state index < -0.39 is 5.56 Å². The SMILES string of the molecule is Cc1cc(O)n(CCOCCO)c(=O)c1C#N. The van der Waals surface area contributed by atoms with Crippen molar-refractivity contribution in [3.05, 3.63) is 27.5 Å². The van der Waals surface area contributed by atoms with E-state index in [4.69, 9.17) is 15.1 Å². The standard InChI is InChI=1S/C11H14N2O4/c1-8-6-10(15)13(2-4-17-5-3-14)11(16)9(8)7-12/h6,14-15H,2-5H2,1H3. The highest BCUT2D eigenvalue weighted by Gasteiger charge is 2.11. The average molecular weight is 238 g/mol. The Labute approximate surface area is 98.3 Å². The molecule has 1 aromatic rings. The Morgan fingerprint density at radius 3 is 2.82 bits per heavy atom. The van der Waals surface area contributed by atoms with Gasteiger partial charge < -0.3 is 14.9 Å². The lowest BCUT2D eigenvalue weighted by atomic mass is 10.2. The second-order valence-electron chi connectivity index (χ2n) is 3.47. The minimum absolute atomic E-state index is 0.0185. The molecule has 1 rings (SSSR count). The first-order chi connectivity index (χ1) is 8.11. The van der Waals surface area contributed by atoms with Crippen LogP contribution in [0.2, 0.25) is 0 Å². The molecule has 0 aliphatic heterocycles. The van der Waals surface area contributed by atoms with Gasteiger partial charge in [0.2, 0.25) is 0 Å². The molecule has 0 bridgehead atoms. The molecule has 0 spiro atoms. The first kappa shape index (κ1) is 13.2. The Kier molecular flexibility index (Phi) is 4.69. The summed E-state index contributed by atoms with van der Waals surface area (Å²) in [5, 5.41) is 26.9. The van der Waals surface area contributed by atoms with E-state index in [2.05, 4.69) is 0 Å². The number of aromatic nitrogens is 1. The van der Waals surface area contributed by atoms with Gasteiger partial charge >= 0.3 is 0 Å². The number of nitriles is 1. The van der Waals surface area contributed by atoms with Crippen molar-refractivity contribution in [2.45, 2.75) is 13.5 Å². The number of nitrogens with zero attached hydrogens (tertiary/aromatic N) is 2. The summed E-state index contributed by atoms with van der Waals surface area (Å²) in [6, 6.07) is 3.17. The first-order valence-corrected chi connectivity index (χ1v) is 5.14. The number of aromatic hydroxyl groups is 1. The fraction of sp³-hybridized carbons (Fsp3) is 0.455. The molecule has 6 heteroatoms. The number of pyridine rings is 1. The van der Waals surface area contributed by atoms with Gasteiger partial charge in [-0.05, 0) is 12.5 Å². The number of ether oxygens (including phenoxy) is 1. The van der Waals surface area contributed by atoms with Crippen LogP contribution in [0.5, 0.6) is 5.88 Å². The molecule has 6 nitrogen and oxygen atoms in total. The Bertz CT molecular complexity index is 487. The number of aryl methyl sites for hydroxylation is 1. The van der Waals surface area contributed by atoms with Crippen LogP contribution in [0.15, 0.2) is 10.9 Å². The molecule has 0 radical (unpaired) electrons. The maximum Gasteiger partial charge on any atom is 0.271 e. The molecule has 1 heterocycles. The molecule has 0 aromatic carbocycles. The number of rotatable bonds is 5. The first-order valence-electron chi connectivity index (χ1n) is 5.14. The van der Waals surface area contributed by atoms with Crippen LogP contribution < -0.4 is 5.56 Å². The van der Waals surface area contributed by atoms with Gasteiger partial charge in [0.1, 0.15) is 11.6 Å². The minimum atomic E-state index is -0.530. The summed E-state index contributed by atoms with van der Waals surface area (Å²) in [7, 11) is 0. The fourth-order valence-corrected chi connectivity index (χ4v) is 1.43. The Balaban J connectivity index is 2.93. The Morgan fingerprint density at radius 1 is 1.53 bits per heavy atom. The molecule has 92 valence electrons. The van der Waals surface area contributed by atoms with Gasteiger partial charge in [0.25, 0.3) is 5.56 Å². The molecule has 0 atom stereocenters. The number of hydrogen-bond donors (Lipinski definition) is 2. The molecule has 1 aromatic heterocycles. The van der Waals surface area contributed by atoms with E-state index in [1.165, 1.54) is 6.07 Å². The van der Waals surface area contributed by atoms with Crippen LogP contribution in [0, 0.1) is 18.3 Å². The zero-order chi connectivity index (χ0) is 12.8. The molecule has 0 amide bonds. The van der Waals surface area contributed by atoms with Crippen LogP contribution in [-0.4, -0.2) is 34.6 Å². The van der Waals surface area contributed by atoms with Gasteiger partial charge in [-0.3, -0.25) is 9.36 Å². The monoisotopic (exact) mass is 238 g/mol. The van der Waals surface area contributed by atoms with Crippen molar-refractivity contribution in [1.82, 2.24) is 4.57 Å². The zero-order valence-corrected chi connectivity index (χ0v) is 9.51. The van der Waals surface area contributed by atoms with Crippen molar-refractivity contribution in [2.75, 3.05) is 19.8 Å². The third kappa shape index (κ3) is 3.06. The average Bonchev–Trinajstić information content (AvgIpc) is 2.28. The number of hydrogen-bond acceptors (Lipinski definition) is 5. The third-order valence-electron chi connectivity index (χ3n) is 2.28. The molecule has 0 aliphatic carbocycles. The summed E-state index contributed by atoms with van der Waals surface area (Å²) < 4.78 is 6.07. The highest BCUT2D eigenvalue weighted by atomic mass is 16.5. The summed E-state index contributed by atoms with van der Waals surface area (Å²) in [5.41, 5.74) is -0.0647. The van der Waals surface area contributed by atoms with E-state index in [9.17, 15) is 9.90 Å². The molecular formula is C11H14N2O4. The topological polar surface area (TPSA) is 95.5 Å². The summed E-state index contributed by atoms with van der Waals surface area (Å²) in [6.07, 6.45) is 0. The smallest absolute Gasteiger partial charge is 0.271 e. The number of aliphatic hydroxyl groups excluding tert-OH is 1. The molecule has 0 fully saturated rings. The van der Waals surface area contributed by atoms with E-state index in [-0.39, 0.29) is 37.8 Å². The van der Waals surface area contributed by atoms with Crippen molar-refractivity contribution in [2.24, 2.45) is 0 Å². The van der Waals surface area contributed by atoms with Gasteiger partial charge in [0.05, 0.1) is 26.4 Å². The van der Waals surface area contributed by atoms with Crippen molar-refractivity contribution in [3.8, 4) is 11.9 Å². The highest BCUT2D eigenvalue weighted by Crippen LogP contribution is 2.11. The molecule has 0 unspecified atom stereocenters. The maximum absolute atomic E-state index is 11.8. The lowest BCUT2D eigenvalue weighted by Gasteiger charge is -2.10. The summed E-state index contributed by atoms with van der Waals surface area (Å²) in [4.78, 5) is 11.8. The second-order valence-corrected chi connectivity index (χ2v) is 3.47. The Morgan fingerprint density at radius 2 is 2.24 bits per heavy atom. The predicted molar refractivity (Wildman–Crippen MR) is 59.7 cm³/mol. The largest absolute Gasteiger partial charge is 0.494 e. The van der Waals surface area contributed by atoms with Gasteiger partial charge in [-0.25, -0.2) is 0 Å². The highest BCUT2D eigenvalue weighted by molar-refractivity contribution is 5.37. The van der Waals surface area contributed by atoms with Crippen LogP contribution in [0.25, 0.3) is 0 Å². The summed E-state index contributed by atoms with van der Waals surface area (Å²) >= 11 is 0. The summed E-state index contributed by atoms with van der Waals surface area (Å²) in [5.74, 6) is -0.195. The van der Waals surface area contributed by atoms with Crippen molar-refractivity contribution < 1.29 is 14.9 Å². The van der Waals surface area contributed by atoms with Gasteiger partial charge in [0, 0.05) is 6.07 Å². The van der Waals surface area contributed by atoms with E-state index >= 15 is 0 Å². The molecular weight excluding hydrogens is 224 g/mol. The molecule has 2 N–H and O–H groups in total. The van der Waals surface area contributed by atoms with Crippen LogP contribution >= 0.6 is 0 Å². The zero-order valence-electron chi connectivity index (χ0n) is 9.51. The molecule has 0 saturated carbocycles. The van der Waals surface area contributed by atoms with Crippen molar-refractivity contribution in [3.63, 3.8) is 0 Å². The van der Waals surface area contributed by atoms with Crippen LogP contribution in [-0.2, 0) is 11.3 Å². The normalized spacial score (nSPS) is 10.2. The third-order valence-corrected chi connectivity index (χ3v) is 2.28. The molecule has 0 saturated heterocycles. The van der Waals surface area contributed by atoms with Crippen LogP contribution in [0.1, 0.15) is 11.1 Å². The quantitative estimate of drug-likeness (QED) is 0.689. The second kappa shape index (κ2) is 6.03. The summed E-state index contributed by atoms with van der Waals surface area (Å²) in [6.45, 7) is 1.98. The fourth-order valence-electron chi connectivity index (χ4n) is 1.43.